The fourth-order valence-corrected chi connectivity index (χ4v) is 6.06. The molecule has 4 rings (SSSR count). The number of fused-ring (bicyclic) bond motifs is 1. The van der Waals surface area contributed by atoms with Gasteiger partial charge in [-0.05, 0) is 61.7 Å². The first-order valence-electron chi connectivity index (χ1n) is 11.1. The molecule has 2 aromatic carbocycles. The van der Waals surface area contributed by atoms with E-state index in [0.29, 0.717) is 31.1 Å². The van der Waals surface area contributed by atoms with Crippen molar-refractivity contribution in [3.05, 3.63) is 65.2 Å². The molecule has 1 heterocycles. The van der Waals surface area contributed by atoms with Crippen molar-refractivity contribution in [2.75, 3.05) is 39.8 Å². The number of benzene rings is 2. The molecule has 1 fully saturated rings. The minimum absolute atomic E-state index is 0.0325. The molecule has 0 aromatic heterocycles. The van der Waals surface area contributed by atoms with E-state index in [1.807, 2.05) is 61.3 Å². The molecule has 31 heavy (non-hydrogen) atoms. The SMILES string of the molecule is CCN(C)C(C(=O)N1CCN(S(=O)(=O)c2ccc3c(c2)CCC3)CC1)c1ccccc1. The van der Waals surface area contributed by atoms with Crippen LogP contribution in [0.2, 0.25) is 0 Å². The van der Waals surface area contributed by atoms with Crippen LogP contribution in [0.4, 0.5) is 0 Å². The van der Waals surface area contributed by atoms with E-state index in [4.69, 9.17) is 0 Å². The maximum atomic E-state index is 13.4. The molecule has 1 atom stereocenters. The van der Waals surface area contributed by atoms with Crippen molar-refractivity contribution < 1.29 is 13.2 Å². The van der Waals surface area contributed by atoms with Gasteiger partial charge in [-0.1, -0.05) is 43.3 Å². The summed E-state index contributed by atoms with van der Waals surface area (Å²) in [6.07, 6.45) is 3.08. The highest BCUT2D eigenvalue weighted by molar-refractivity contribution is 7.89. The number of nitrogens with zero attached hydrogens (tertiary/aromatic N) is 3. The van der Waals surface area contributed by atoms with Gasteiger partial charge < -0.3 is 4.90 Å². The Labute approximate surface area is 185 Å². The van der Waals surface area contributed by atoms with Crippen molar-refractivity contribution in [3.8, 4) is 0 Å². The fourth-order valence-electron chi connectivity index (χ4n) is 4.58. The molecule has 0 N–H and O–H groups in total. The third kappa shape index (κ3) is 4.40. The van der Waals surface area contributed by atoms with Gasteiger partial charge in [0.25, 0.3) is 0 Å². The summed E-state index contributed by atoms with van der Waals surface area (Å²) in [6.45, 7) is 4.24. The van der Waals surface area contributed by atoms with Crippen LogP contribution in [-0.4, -0.2) is 68.2 Å². The molecule has 2 aliphatic rings. The number of piperazine rings is 1. The monoisotopic (exact) mass is 441 g/mol. The highest BCUT2D eigenvalue weighted by Gasteiger charge is 2.34. The average molecular weight is 442 g/mol. The van der Waals surface area contributed by atoms with E-state index in [9.17, 15) is 13.2 Å². The van der Waals surface area contributed by atoms with Crippen molar-refractivity contribution in [2.45, 2.75) is 37.1 Å². The molecule has 0 bridgehead atoms. The number of likely N-dealkylation sites (N-methyl/N-ethyl adjacent to an activating group) is 1. The van der Waals surface area contributed by atoms with E-state index in [-0.39, 0.29) is 11.9 Å². The van der Waals surface area contributed by atoms with Crippen LogP contribution in [0.3, 0.4) is 0 Å². The van der Waals surface area contributed by atoms with Crippen molar-refractivity contribution >= 4 is 15.9 Å². The summed E-state index contributed by atoms with van der Waals surface area (Å²) in [6, 6.07) is 15.0. The van der Waals surface area contributed by atoms with Gasteiger partial charge in [-0.25, -0.2) is 8.42 Å². The zero-order valence-corrected chi connectivity index (χ0v) is 19.1. The number of hydrogen-bond acceptors (Lipinski definition) is 4. The number of amides is 1. The van der Waals surface area contributed by atoms with Crippen LogP contribution in [0.5, 0.6) is 0 Å². The van der Waals surface area contributed by atoms with Crippen LogP contribution < -0.4 is 0 Å². The molecule has 166 valence electrons. The Morgan fingerprint density at radius 2 is 1.68 bits per heavy atom. The standard InChI is InChI=1S/C24H31N3O3S/c1-3-25(2)23(20-8-5-4-6-9-20)24(28)26-14-16-27(17-15-26)31(29,30)22-13-12-19-10-7-11-21(19)18-22/h4-6,8-9,12-13,18,23H,3,7,10-11,14-17H2,1-2H3. The Balaban J connectivity index is 1.46. The van der Waals surface area contributed by atoms with E-state index in [1.165, 1.54) is 9.87 Å². The molecule has 0 radical (unpaired) electrons. The molecule has 0 spiro atoms. The zero-order valence-electron chi connectivity index (χ0n) is 18.3. The van der Waals surface area contributed by atoms with Crippen LogP contribution in [-0.2, 0) is 27.7 Å². The third-order valence-electron chi connectivity index (χ3n) is 6.55. The number of carbonyl (C=O) groups excluding carboxylic acids is 1. The summed E-state index contributed by atoms with van der Waals surface area (Å²) < 4.78 is 27.9. The van der Waals surface area contributed by atoms with E-state index < -0.39 is 10.0 Å². The van der Waals surface area contributed by atoms with Crippen LogP contribution in [0.15, 0.2) is 53.4 Å². The van der Waals surface area contributed by atoms with Gasteiger partial charge in [0, 0.05) is 26.2 Å². The third-order valence-corrected chi connectivity index (χ3v) is 8.44. The first-order valence-corrected chi connectivity index (χ1v) is 12.5. The van der Waals surface area contributed by atoms with Gasteiger partial charge in [-0.3, -0.25) is 9.69 Å². The molecule has 1 unspecified atom stereocenters. The minimum Gasteiger partial charge on any atom is -0.338 e. The van der Waals surface area contributed by atoms with Gasteiger partial charge in [0.15, 0.2) is 0 Å². The first-order chi connectivity index (χ1) is 14.9. The summed E-state index contributed by atoms with van der Waals surface area (Å²) >= 11 is 0. The van der Waals surface area contributed by atoms with Gasteiger partial charge in [0.05, 0.1) is 4.90 Å². The lowest BCUT2D eigenvalue weighted by Gasteiger charge is -2.37. The number of sulfonamides is 1. The highest BCUT2D eigenvalue weighted by Crippen LogP contribution is 2.28. The van der Waals surface area contributed by atoms with Gasteiger partial charge in [0.2, 0.25) is 15.9 Å². The number of hydrogen-bond donors (Lipinski definition) is 0. The lowest BCUT2D eigenvalue weighted by Crippen LogP contribution is -2.53. The van der Waals surface area contributed by atoms with E-state index >= 15 is 0 Å². The second-order valence-corrected chi connectivity index (χ2v) is 10.3. The normalized spacial score (nSPS) is 18.2. The Hall–Kier alpha value is -2.22. The van der Waals surface area contributed by atoms with Crippen LogP contribution in [0.25, 0.3) is 0 Å². The van der Waals surface area contributed by atoms with Crippen LogP contribution in [0.1, 0.15) is 36.1 Å². The summed E-state index contributed by atoms with van der Waals surface area (Å²) in [5.74, 6) is 0.0325. The number of aryl methyl sites for hydroxylation is 2. The minimum atomic E-state index is -3.54. The van der Waals surface area contributed by atoms with Gasteiger partial charge in [-0.15, -0.1) is 0 Å². The molecule has 1 aliphatic carbocycles. The summed E-state index contributed by atoms with van der Waals surface area (Å²) in [4.78, 5) is 17.6. The lowest BCUT2D eigenvalue weighted by molar-refractivity contribution is -0.138. The van der Waals surface area contributed by atoms with E-state index in [2.05, 4.69) is 0 Å². The molecular formula is C24H31N3O3S. The van der Waals surface area contributed by atoms with E-state index in [0.717, 1.165) is 36.9 Å². The van der Waals surface area contributed by atoms with Gasteiger partial charge in [0.1, 0.15) is 6.04 Å². The van der Waals surface area contributed by atoms with Crippen molar-refractivity contribution in [3.63, 3.8) is 0 Å². The molecule has 1 aliphatic heterocycles. The molecule has 0 saturated carbocycles. The number of rotatable bonds is 6. The topological polar surface area (TPSA) is 60.9 Å². The quantitative estimate of drug-likeness (QED) is 0.692. The molecule has 7 heteroatoms. The average Bonchev–Trinajstić information content (AvgIpc) is 3.28. The smallest absolute Gasteiger partial charge is 0.244 e. The summed E-state index contributed by atoms with van der Waals surface area (Å²) in [5, 5.41) is 0. The molecule has 1 saturated heterocycles. The van der Waals surface area contributed by atoms with Crippen LogP contribution >= 0.6 is 0 Å². The van der Waals surface area contributed by atoms with Gasteiger partial charge >= 0.3 is 0 Å². The van der Waals surface area contributed by atoms with Crippen molar-refractivity contribution in [1.29, 1.82) is 0 Å². The predicted molar refractivity (Wildman–Crippen MR) is 121 cm³/mol. The first kappa shape index (κ1) is 22.0. The molecule has 2 aromatic rings. The van der Waals surface area contributed by atoms with Crippen molar-refractivity contribution in [1.82, 2.24) is 14.1 Å². The molecule has 1 amide bonds. The summed E-state index contributed by atoms with van der Waals surface area (Å²) in [5.41, 5.74) is 3.38. The Morgan fingerprint density at radius 1 is 1.00 bits per heavy atom. The second-order valence-electron chi connectivity index (χ2n) is 8.40. The largest absolute Gasteiger partial charge is 0.338 e. The zero-order chi connectivity index (χ0) is 22.0. The maximum absolute atomic E-state index is 13.4. The number of carbonyl (C=O) groups is 1. The molecule has 6 nitrogen and oxygen atoms in total. The second kappa shape index (κ2) is 9.10. The Bertz CT molecular complexity index is 1030. The highest BCUT2D eigenvalue weighted by atomic mass is 32.2. The van der Waals surface area contributed by atoms with E-state index in [1.54, 1.807) is 11.0 Å². The van der Waals surface area contributed by atoms with Crippen LogP contribution in [0, 0.1) is 0 Å². The van der Waals surface area contributed by atoms with Crippen molar-refractivity contribution in [2.24, 2.45) is 0 Å². The Kier molecular flexibility index (Phi) is 6.46. The Morgan fingerprint density at radius 3 is 2.35 bits per heavy atom. The lowest BCUT2D eigenvalue weighted by atomic mass is 10.0. The van der Waals surface area contributed by atoms with Gasteiger partial charge in [-0.2, -0.15) is 4.31 Å². The fraction of sp³-hybridized carbons (Fsp3) is 0.458. The maximum Gasteiger partial charge on any atom is 0.244 e. The predicted octanol–water partition coefficient (Wildman–Crippen LogP) is 2.70. The summed E-state index contributed by atoms with van der Waals surface area (Å²) in [7, 11) is -1.59. The molecular weight excluding hydrogens is 410 g/mol.